The molecule has 2 aromatic rings. The molecule has 0 aliphatic heterocycles. The molecule has 0 bridgehead atoms. The third kappa shape index (κ3) is 2.21. The van der Waals surface area contributed by atoms with Crippen molar-refractivity contribution in [2.45, 2.75) is 6.92 Å². The van der Waals surface area contributed by atoms with E-state index in [4.69, 9.17) is 0 Å². The lowest BCUT2D eigenvalue weighted by Crippen LogP contribution is -2.39. The number of hydrogen-bond acceptors (Lipinski definition) is 4. The van der Waals surface area contributed by atoms with E-state index >= 15 is 0 Å². The van der Waals surface area contributed by atoms with Crippen LogP contribution in [0.5, 0.6) is 5.95 Å². The predicted molar refractivity (Wildman–Crippen MR) is 60.3 cm³/mol. The van der Waals surface area contributed by atoms with Crippen molar-refractivity contribution in [2.24, 2.45) is 0 Å². The van der Waals surface area contributed by atoms with E-state index in [-0.39, 0.29) is 16.8 Å². The number of hydrogen-bond donors (Lipinski definition) is 0. The van der Waals surface area contributed by atoms with Gasteiger partial charge in [-0.05, 0) is 11.6 Å². The van der Waals surface area contributed by atoms with E-state index in [0.717, 1.165) is 5.56 Å². The van der Waals surface area contributed by atoms with E-state index in [2.05, 4.69) is 25.7 Å². The van der Waals surface area contributed by atoms with Crippen molar-refractivity contribution in [2.75, 3.05) is 5.33 Å². The summed E-state index contributed by atoms with van der Waals surface area (Å²) >= 11 is 3.02. The molecule has 0 aliphatic rings. The molecule has 1 heterocycles. The second-order valence-electron chi connectivity index (χ2n) is 3.51. The van der Waals surface area contributed by atoms with Crippen molar-refractivity contribution in [3.8, 4) is 11.6 Å². The predicted octanol–water partition coefficient (Wildman–Crippen LogP) is 0.911. The van der Waals surface area contributed by atoms with Crippen molar-refractivity contribution < 1.29 is 19.1 Å². The van der Waals surface area contributed by atoms with Crippen LogP contribution in [0, 0.1) is 6.92 Å². The fourth-order valence-corrected chi connectivity index (χ4v) is 1.67. The summed E-state index contributed by atoms with van der Waals surface area (Å²) in [6, 6.07) is 7.26. The number of halogens is 1. The number of nitrogens with zero attached hydrogens (tertiary/aromatic N) is 2. The standard InChI is InChI=1S/C11H9BrN2O3/c1-7-2-4-8(5-3-7)14-10(9(15)6-12)11(16)17-13-14/h2-5H,6H2,1H3. The lowest BCUT2D eigenvalue weighted by Gasteiger charge is -1.95. The third-order valence-corrected chi connectivity index (χ3v) is 2.78. The van der Waals surface area contributed by atoms with E-state index < -0.39 is 5.95 Å². The van der Waals surface area contributed by atoms with Gasteiger partial charge in [0.15, 0.2) is 5.95 Å². The van der Waals surface area contributed by atoms with Crippen molar-refractivity contribution in [3.05, 3.63) is 35.5 Å². The molecule has 17 heavy (non-hydrogen) atoms. The smallest absolute Gasteiger partial charge is 0.307 e. The van der Waals surface area contributed by atoms with Gasteiger partial charge in [-0.2, -0.15) is 0 Å². The number of Topliss-reactive ketones (excluding diaryl/α,β-unsaturated/α-hetero) is 1. The molecule has 1 aromatic heterocycles. The Bertz CT molecular complexity index is 548. The first kappa shape index (κ1) is 11.8. The number of rotatable bonds is 3. The summed E-state index contributed by atoms with van der Waals surface area (Å²) < 4.78 is 5.73. The van der Waals surface area contributed by atoms with Gasteiger partial charge in [0.25, 0.3) is 0 Å². The summed E-state index contributed by atoms with van der Waals surface area (Å²) in [7, 11) is 0. The lowest BCUT2D eigenvalue weighted by atomic mass is 10.2. The van der Waals surface area contributed by atoms with Gasteiger partial charge < -0.3 is 9.63 Å². The summed E-state index contributed by atoms with van der Waals surface area (Å²) in [6.07, 6.45) is 0. The molecular weight excluding hydrogens is 288 g/mol. The molecule has 5 nitrogen and oxygen atoms in total. The van der Waals surface area contributed by atoms with Gasteiger partial charge in [0.2, 0.25) is 11.5 Å². The van der Waals surface area contributed by atoms with Crippen molar-refractivity contribution in [1.82, 2.24) is 5.27 Å². The van der Waals surface area contributed by atoms with Gasteiger partial charge in [0.1, 0.15) is 0 Å². The average molecular weight is 297 g/mol. The maximum atomic E-state index is 11.6. The molecule has 0 spiro atoms. The molecule has 0 N–H and O–H groups in total. The highest BCUT2D eigenvalue weighted by molar-refractivity contribution is 9.09. The van der Waals surface area contributed by atoms with E-state index in [1.807, 2.05) is 19.1 Å². The molecule has 88 valence electrons. The highest BCUT2D eigenvalue weighted by Crippen LogP contribution is 2.12. The number of carbonyl (C=O) groups excluding carboxylic acids is 1. The zero-order valence-corrected chi connectivity index (χ0v) is 10.6. The van der Waals surface area contributed by atoms with E-state index in [0.29, 0.717) is 5.69 Å². The molecule has 0 fully saturated rings. The topological polar surface area (TPSA) is 70.0 Å². The first-order chi connectivity index (χ1) is 8.13. The molecule has 0 aliphatic carbocycles. The second kappa shape index (κ2) is 4.67. The van der Waals surface area contributed by atoms with Crippen LogP contribution in [0.1, 0.15) is 16.1 Å². The van der Waals surface area contributed by atoms with Crippen LogP contribution in [-0.4, -0.2) is 16.4 Å². The molecule has 2 rings (SSSR count). The number of aryl methyl sites for hydroxylation is 1. The van der Waals surface area contributed by atoms with Crippen LogP contribution in [0.3, 0.4) is 0 Å². The Balaban J connectivity index is 2.52. The van der Waals surface area contributed by atoms with Crippen LogP contribution in [0.4, 0.5) is 0 Å². The monoisotopic (exact) mass is 296 g/mol. The summed E-state index contributed by atoms with van der Waals surface area (Å²) in [4.78, 5) is 11.6. The number of ketones is 1. The third-order valence-electron chi connectivity index (χ3n) is 2.27. The SMILES string of the molecule is Cc1ccc(-[n+]2noc([O-])c2C(=O)CBr)cc1. The van der Waals surface area contributed by atoms with Gasteiger partial charge in [-0.25, -0.2) is 0 Å². The number of aromatic nitrogens is 2. The average Bonchev–Trinajstić information content (AvgIpc) is 2.71. The molecule has 0 unspecified atom stereocenters. The largest absolute Gasteiger partial charge is 0.539 e. The Labute approximate surface area is 106 Å². The minimum Gasteiger partial charge on any atom is -0.539 e. The minimum atomic E-state index is -0.727. The number of carbonyl (C=O) groups is 1. The Morgan fingerprint density at radius 2 is 2.12 bits per heavy atom. The summed E-state index contributed by atoms with van der Waals surface area (Å²) in [6.45, 7) is 1.95. The molecule has 0 saturated heterocycles. The number of benzene rings is 1. The molecular formula is C11H9BrN2O3. The van der Waals surface area contributed by atoms with Crippen LogP contribution in [-0.2, 0) is 0 Å². The van der Waals surface area contributed by atoms with E-state index in [1.165, 1.54) is 4.68 Å². The Morgan fingerprint density at radius 1 is 1.47 bits per heavy atom. The van der Waals surface area contributed by atoms with Crippen LogP contribution in [0.2, 0.25) is 0 Å². The van der Waals surface area contributed by atoms with E-state index in [9.17, 15) is 9.90 Å². The van der Waals surface area contributed by atoms with Gasteiger partial charge in [0, 0.05) is 12.1 Å². The first-order valence-corrected chi connectivity index (χ1v) is 6.01. The first-order valence-electron chi connectivity index (χ1n) is 4.88. The number of alkyl halides is 1. The van der Waals surface area contributed by atoms with Crippen LogP contribution in [0.25, 0.3) is 5.69 Å². The van der Waals surface area contributed by atoms with Crippen LogP contribution < -0.4 is 9.79 Å². The second-order valence-corrected chi connectivity index (χ2v) is 4.07. The summed E-state index contributed by atoms with van der Waals surface area (Å²) in [5.74, 6) is -1.09. The fraction of sp³-hybridized carbons (Fsp3) is 0.182. The van der Waals surface area contributed by atoms with Gasteiger partial charge in [-0.1, -0.05) is 33.6 Å². The molecule has 0 amide bonds. The maximum absolute atomic E-state index is 11.6. The summed E-state index contributed by atoms with van der Waals surface area (Å²) in [5.41, 5.74) is 1.62. The van der Waals surface area contributed by atoms with Gasteiger partial charge in [0.05, 0.1) is 10.6 Å². The molecule has 0 saturated carbocycles. The zero-order chi connectivity index (χ0) is 12.4. The van der Waals surface area contributed by atoms with Gasteiger partial charge in [-0.3, -0.25) is 4.79 Å². The van der Waals surface area contributed by atoms with Crippen molar-refractivity contribution >= 4 is 21.7 Å². The van der Waals surface area contributed by atoms with Gasteiger partial charge >= 0.3 is 5.69 Å². The molecule has 6 heteroatoms. The van der Waals surface area contributed by atoms with Crippen LogP contribution in [0.15, 0.2) is 28.8 Å². The summed E-state index contributed by atoms with van der Waals surface area (Å²) in [5, 5.41) is 15.0. The highest BCUT2D eigenvalue weighted by Gasteiger charge is 2.26. The Morgan fingerprint density at radius 3 is 2.71 bits per heavy atom. The maximum Gasteiger partial charge on any atom is 0.307 e. The quantitative estimate of drug-likeness (QED) is 0.480. The van der Waals surface area contributed by atoms with Gasteiger partial charge in [-0.15, -0.1) is 0 Å². The molecule has 0 radical (unpaired) electrons. The molecule has 1 aromatic carbocycles. The zero-order valence-electron chi connectivity index (χ0n) is 9.01. The fourth-order valence-electron chi connectivity index (χ4n) is 1.41. The Kier molecular flexibility index (Phi) is 3.23. The highest BCUT2D eigenvalue weighted by atomic mass is 79.9. The van der Waals surface area contributed by atoms with Crippen LogP contribution >= 0.6 is 15.9 Å². The Hall–Kier alpha value is -1.69. The van der Waals surface area contributed by atoms with Crippen molar-refractivity contribution in [1.29, 1.82) is 0 Å². The normalized spacial score (nSPS) is 10.5. The lowest BCUT2D eigenvalue weighted by molar-refractivity contribution is -0.672. The van der Waals surface area contributed by atoms with Crippen molar-refractivity contribution in [3.63, 3.8) is 0 Å². The van der Waals surface area contributed by atoms with E-state index in [1.54, 1.807) is 12.1 Å². The minimum absolute atomic E-state index is 0.0509. The molecule has 0 atom stereocenters.